The second-order valence-electron chi connectivity index (χ2n) is 8.18. The lowest BCUT2D eigenvalue weighted by atomic mass is 9.94. The van der Waals surface area contributed by atoms with Gasteiger partial charge in [0, 0.05) is 12.2 Å². The molecular formula is C25H26N2O3S. The number of hydrogen-bond acceptors (Lipinski definition) is 3. The predicted molar refractivity (Wildman–Crippen MR) is 122 cm³/mol. The minimum absolute atomic E-state index is 0.0137. The lowest BCUT2D eigenvalue weighted by molar-refractivity contribution is -0.123. The van der Waals surface area contributed by atoms with Crippen LogP contribution in [0.1, 0.15) is 35.1 Å². The van der Waals surface area contributed by atoms with Crippen LogP contribution in [-0.4, -0.2) is 14.3 Å². The number of anilines is 1. The Kier molecular flexibility index (Phi) is 5.58. The van der Waals surface area contributed by atoms with Crippen LogP contribution >= 0.6 is 0 Å². The van der Waals surface area contributed by atoms with E-state index in [0.717, 1.165) is 35.1 Å². The average Bonchev–Trinajstić information content (AvgIpc) is 3.57. The van der Waals surface area contributed by atoms with Crippen molar-refractivity contribution in [1.82, 2.24) is 5.32 Å². The third kappa shape index (κ3) is 4.49. The number of carbonyl (C=O) groups excluding carboxylic acids is 1. The van der Waals surface area contributed by atoms with Crippen molar-refractivity contribution >= 4 is 21.6 Å². The number of nitrogens with one attached hydrogen (secondary N) is 2. The highest BCUT2D eigenvalue weighted by atomic mass is 32.2. The summed E-state index contributed by atoms with van der Waals surface area (Å²) in [4.78, 5) is 13.1. The topological polar surface area (TPSA) is 75.3 Å². The van der Waals surface area contributed by atoms with Gasteiger partial charge in [0.25, 0.3) is 10.0 Å². The molecular weight excluding hydrogens is 408 g/mol. The minimum atomic E-state index is -3.67. The predicted octanol–water partition coefficient (Wildman–Crippen LogP) is 4.45. The van der Waals surface area contributed by atoms with E-state index in [-0.39, 0.29) is 10.8 Å². The van der Waals surface area contributed by atoms with Gasteiger partial charge in [-0.2, -0.15) is 0 Å². The SMILES string of the molecule is Cc1ccc(S(=O)(=O)Nc2ccc(C3(C(=O)NCc4ccccc4)CC3)cc2)cc1C. The smallest absolute Gasteiger partial charge is 0.261 e. The molecule has 0 radical (unpaired) electrons. The molecule has 0 aliphatic heterocycles. The first kappa shape index (κ1) is 21.1. The molecule has 160 valence electrons. The van der Waals surface area contributed by atoms with Crippen LogP contribution < -0.4 is 10.0 Å². The van der Waals surface area contributed by atoms with Gasteiger partial charge in [0.2, 0.25) is 5.91 Å². The number of benzene rings is 3. The molecule has 5 nitrogen and oxygen atoms in total. The second-order valence-corrected chi connectivity index (χ2v) is 9.86. The lowest BCUT2D eigenvalue weighted by Gasteiger charge is -2.17. The van der Waals surface area contributed by atoms with Gasteiger partial charge in [-0.3, -0.25) is 9.52 Å². The molecule has 4 rings (SSSR count). The molecule has 1 aliphatic carbocycles. The van der Waals surface area contributed by atoms with Crippen molar-refractivity contribution in [3.05, 3.63) is 95.1 Å². The van der Waals surface area contributed by atoms with Crippen LogP contribution in [0, 0.1) is 13.8 Å². The number of hydrogen-bond donors (Lipinski definition) is 2. The van der Waals surface area contributed by atoms with Crippen molar-refractivity contribution in [3.8, 4) is 0 Å². The summed E-state index contributed by atoms with van der Waals surface area (Å²) in [7, 11) is -3.67. The molecule has 0 heterocycles. The quantitative estimate of drug-likeness (QED) is 0.577. The number of sulfonamides is 1. The van der Waals surface area contributed by atoms with Gasteiger partial charge in [-0.25, -0.2) is 8.42 Å². The first-order chi connectivity index (χ1) is 14.8. The molecule has 1 saturated carbocycles. The maximum atomic E-state index is 12.8. The molecule has 6 heteroatoms. The van der Waals surface area contributed by atoms with Gasteiger partial charge < -0.3 is 5.32 Å². The fourth-order valence-corrected chi connectivity index (χ4v) is 4.82. The molecule has 0 unspecified atom stereocenters. The monoisotopic (exact) mass is 434 g/mol. The first-order valence-corrected chi connectivity index (χ1v) is 11.8. The van der Waals surface area contributed by atoms with E-state index >= 15 is 0 Å². The third-order valence-electron chi connectivity index (χ3n) is 5.96. The van der Waals surface area contributed by atoms with Crippen LogP contribution in [0.3, 0.4) is 0 Å². The lowest BCUT2D eigenvalue weighted by Crippen LogP contribution is -2.34. The number of carbonyl (C=O) groups is 1. The summed E-state index contributed by atoms with van der Waals surface area (Å²) in [5, 5.41) is 3.03. The molecule has 2 N–H and O–H groups in total. The molecule has 0 bridgehead atoms. The van der Waals surface area contributed by atoms with E-state index in [1.54, 1.807) is 30.3 Å². The summed E-state index contributed by atoms with van der Waals surface area (Å²) in [5.41, 5.74) is 3.90. The first-order valence-electron chi connectivity index (χ1n) is 10.3. The largest absolute Gasteiger partial charge is 0.351 e. The van der Waals surface area contributed by atoms with Crippen LogP contribution in [0.4, 0.5) is 5.69 Å². The Balaban J connectivity index is 1.45. The molecule has 3 aromatic rings. The van der Waals surface area contributed by atoms with E-state index in [1.165, 1.54) is 0 Å². The summed E-state index contributed by atoms with van der Waals surface area (Å²) < 4.78 is 28.1. The van der Waals surface area contributed by atoms with E-state index in [1.807, 2.05) is 56.3 Å². The maximum absolute atomic E-state index is 12.8. The minimum Gasteiger partial charge on any atom is -0.351 e. The van der Waals surface area contributed by atoms with Crippen molar-refractivity contribution in [3.63, 3.8) is 0 Å². The fraction of sp³-hybridized carbons (Fsp3) is 0.240. The summed E-state index contributed by atoms with van der Waals surface area (Å²) in [5.74, 6) is 0.0137. The Morgan fingerprint density at radius 3 is 2.19 bits per heavy atom. The van der Waals surface area contributed by atoms with Crippen molar-refractivity contribution in [2.24, 2.45) is 0 Å². The Hall–Kier alpha value is -3.12. The Labute approximate surface area is 183 Å². The van der Waals surface area contributed by atoms with Crippen LogP contribution in [0.15, 0.2) is 77.7 Å². The van der Waals surface area contributed by atoms with Crippen LogP contribution in [0.25, 0.3) is 0 Å². The van der Waals surface area contributed by atoms with Gasteiger partial charge in [-0.1, -0.05) is 48.5 Å². The molecule has 1 amide bonds. The van der Waals surface area contributed by atoms with Crippen molar-refractivity contribution < 1.29 is 13.2 Å². The molecule has 0 atom stereocenters. The zero-order valence-electron chi connectivity index (χ0n) is 17.7. The van der Waals surface area contributed by atoms with E-state index in [4.69, 9.17) is 0 Å². The van der Waals surface area contributed by atoms with Crippen LogP contribution in [-0.2, 0) is 26.8 Å². The Morgan fingerprint density at radius 1 is 0.903 bits per heavy atom. The molecule has 31 heavy (non-hydrogen) atoms. The molecule has 0 aromatic heterocycles. The fourth-order valence-electron chi connectivity index (χ4n) is 3.67. The third-order valence-corrected chi connectivity index (χ3v) is 7.34. The highest BCUT2D eigenvalue weighted by Crippen LogP contribution is 2.48. The van der Waals surface area contributed by atoms with Crippen LogP contribution in [0.5, 0.6) is 0 Å². The number of aryl methyl sites for hydroxylation is 2. The standard InChI is InChI=1S/C25H26N2O3S/c1-18-8-13-23(16-19(18)2)31(29,30)27-22-11-9-21(10-12-22)25(14-15-25)24(28)26-17-20-6-4-3-5-7-20/h3-13,16,27H,14-15,17H2,1-2H3,(H,26,28). The van der Waals surface area contributed by atoms with E-state index in [2.05, 4.69) is 10.0 Å². The second kappa shape index (κ2) is 8.19. The molecule has 1 aliphatic rings. The Morgan fingerprint density at radius 2 is 1.58 bits per heavy atom. The maximum Gasteiger partial charge on any atom is 0.261 e. The zero-order chi connectivity index (χ0) is 22.1. The number of amides is 1. The van der Waals surface area contributed by atoms with Gasteiger partial charge in [0.1, 0.15) is 0 Å². The van der Waals surface area contributed by atoms with Crippen LogP contribution in [0.2, 0.25) is 0 Å². The van der Waals surface area contributed by atoms with Gasteiger partial charge in [-0.15, -0.1) is 0 Å². The van der Waals surface area contributed by atoms with E-state index in [9.17, 15) is 13.2 Å². The summed E-state index contributed by atoms with van der Waals surface area (Å²) >= 11 is 0. The summed E-state index contributed by atoms with van der Waals surface area (Å²) in [6, 6.07) is 22.0. The molecule has 3 aromatic carbocycles. The summed E-state index contributed by atoms with van der Waals surface area (Å²) in [6.07, 6.45) is 1.59. The van der Waals surface area contributed by atoms with Gasteiger partial charge in [-0.05, 0) is 73.2 Å². The molecule has 0 spiro atoms. The molecule has 0 saturated heterocycles. The van der Waals surface area contributed by atoms with E-state index < -0.39 is 15.4 Å². The highest BCUT2D eigenvalue weighted by Gasteiger charge is 2.51. The Bertz CT molecular complexity index is 1200. The van der Waals surface area contributed by atoms with Crippen molar-refractivity contribution in [1.29, 1.82) is 0 Å². The highest BCUT2D eigenvalue weighted by molar-refractivity contribution is 7.92. The van der Waals surface area contributed by atoms with Gasteiger partial charge >= 0.3 is 0 Å². The summed E-state index contributed by atoms with van der Waals surface area (Å²) in [6.45, 7) is 4.33. The van der Waals surface area contributed by atoms with Gasteiger partial charge in [0.05, 0.1) is 10.3 Å². The molecule has 1 fully saturated rings. The number of rotatable bonds is 7. The normalized spacial score (nSPS) is 14.6. The average molecular weight is 435 g/mol. The van der Waals surface area contributed by atoms with Crippen molar-refractivity contribution in [2.75, 3.05) is 4.72 Å². The van der Waals surface area contributed by atoms with Crippen molar-refractivity contribution in [2.45, 2.75) is 43.5 Å². The zero-order valence-corrected chi connectivity index (χ0v) is 18.5. The van der Waals surface area contributed by atoms with E-state index in [0.29, 0.717) is 12.2 Å². The van der Waals surface area contributed by atoms with Gasteiger partial charge in [0.15, 0.2) is 0 Å².